The second kappa shape index (κ2) is 5.36. The van der Waals surface area contributed by atoms with Gasteiger partial charge in [-0.15, -0.1) is 0 Å². The molecule has 0 atom stereocenters. The molecule has 2 aromatic carbocycles. The van der Waals surface area contributed by atoms with Crippen LogP contribution in [0.4, 0.5) is 4.39 Å². The molecule has 0 aliphatic heterocycles. The Morgan fingerprint density at radius 2 is 2.00 bits per heavy atom. The molecule has 0 fully saturated rings. The first-order chi connectivity index (χ1) is 10.1. The van der Waals surface area contributed by atoms with Crippen LogP contribution in [0, 0.1) is 12.7 Å². The van der Waals surface area contributed by atoms with Crippen LogP contribution in [0.5, 0.6) is 5.75 Å². The Morgan fingerprint density at radius 3 is 2.81 bits per heavy atom. The number of benzene rings is 2. The average Bonchev–Trinajstić information content (AvgIpc) is 2.92. The quantitative estimate of drug-likeness (QED) is 0.800. The van der Waals surface area contributed by atoms with E-state index in [1.807, 2.05) is 31.2 Å². The molecule has 4 nitrogen and oxygen atoms in total. The smallest absolute Gasteiger partial charge is 0.261 e. The van der Waals surface area contributed by atoms with Crippen molar-refractivity contribution in [3.63, 3.8) is 0 Å². The Bertz CT molecular complexity index is 783. The Labute approximate surface area is 120 Å². The summed E-state index contributed by atoms with van der Waals surface area (Å²) in [6.07, 6.45) is 0.520. The van der Waals surface area contributed by atoms with Gasteiger partial charge in [-0.1, -0.05) is 29.4 Å². The molecule has 21 heavy (non-hydrogen) atoms. The predicted molar refractivity (Wildman–Crippen MR) is 75.3 cm³/mol. The maximum Gasteiger partial charge on any atom is 0.261 e. The highest BCUT2D eigenvalue weighted by atomic mass is 19.1. The summed E-state index contributed by atoms with van der Waals surface area (Å²) in [7, 11) is 0. The van der Waals surface area contributed by atoms with Crippen molar-refractivity contribution in [2.24, 2.45) is 0 Å². The number of aromatic hydroxyl groups is 1. The van der Waals surface area contributed by atoms with Crippen molar-refractivity contribution in [3.8, 4) is 17.2 Å². The minimum absolute atomic E-state index is 0.0949. The summed E-state index contributed by atoms with van der Waals surface area (Å²) in [5.41, 5.74) is 2.42. The fourth-order valence-electron chi connectivity index (χ4n) is 2.09. The third-order valence-corrected chi connectivity index (χ3v) is 3.27. The summed E-state index contributed by atoms with van der Waals surface area (Å²) in [4.78, 5) is 4.21. The van der Waals surface area contributed by atoms with Gasteiger partial charge in [0.1, 0.15) is 11.6 Å². The molecule has 0 saturated heterocycles. The Hall–Kier alpha value is -2.69. The number of phenols is 1. The lowest BCUT2D eigenvalue weighted by molar-refractivity contribution is 0.418. The first-order valence-corrected chi connectivity index (χ1v) is 6.49. The van der Waals surface area contributed by atoms with Crippen molar-refractivity contribution >= 4 is 0 Å². The summed E-state index contributed by atoms with van der Waals surface area (Å²) in [6, 6.07) is 11.5. The van der Waals surface area contributed by atoms with Gasteiger partial charge in [-0.3, -0.25) is 0 Å². The molecule has 3 aromatic rings. The average molecular weight is 284 g/mol. The van der Waals surface area contributed by atoms with E-state index in [-0.39, 0.29) is 17.2 Å². The van der Waals surface area contributed by atoms with E-state index in [2.05, 4.69) is 10.1 Å². The fourth-order valence-corrected chi connectivity index (χ4v) is 2.09. The Morgan fingerprint density at radius 1 is 1.19 bits per heavy atom. The van der Waals surface area contributed by atoms with E-state index in [4.69, 9.17) is 4.52 Å². The van der Waals surface area contributed by atoms with E-state index < -0.39 is 5.82 Å². The van der Waals surface area contributed by atoms with Gasteiger partial charge in [-0.25, -0.2) is 4.39 Å². The largest absolute Gasteiger partial charge is 0.507 e. The number of phenolic OH excluding ortho intramolecular Hbond substituents is 1. The Kier molecular flexibility index (Phi) is 3.39. The van der Waals surface area contributed by atoms with Crippen molar-refractivity contribution in [2.75, 3.05) is 0 Å². The maximum atomic E-state index is 13.2. The normalized spacial score (nSPS) is 10.8. The standard InChI is InChI=1S/C16H13FN2O2/c1-10-4-2-3-5-11(10)8-15-18-16(21-19-15)13-9-12(17)6-7-14(13)20/h2-7,9,20H,8H2,1H3. The molecule has 5 heteroatoms. The third kappa shape index (κ3) is 2.76. The van der Waals surface area contributed by atoms with Crippen LogP contribution in [-0.4, -0.2) is 15.2 Å². The van der Waals surface area contributed by atoms with Crippen LogP contribution in [0.1, 0.15) is 17.0 Å². The van der Waals surface area contributed by atoms with Gasteiger partial charge >= 0.3 is 0 Å². The highest BCUT2D eigenvalue weighted by Gasteiger charge is 2.14. The molecular formula is C16H13FN2O2. The summed E-state index contributed by atoms with van der Waals surface area (Å²) in [5, 5.41) is 13.6. The molecule has 1 aromatic heterocycles. The molecular weight excluding hydrogens is 271 g/mol. The van der Waals surface area contributed by atoms with E-state index in [1.54, 1.807) is 0 Å². The van der Waals surface area contributed by atoms with Crippen LogP contribution in [0.3, 0.4) is 0 Å². The SMILES string of the molecule is Cc1ccccc1Cc1noc(-c2cc(F)ccc2O)n1. The highest BCUT2D eigenvalue weighted by molar-refractivity contribution is 5.61. The van der Waals surface area contributed by atoms with Crippen molar-refractivity contribution in [2.45, 2.75) is 13.3 Å². The van der Waals surface area contributed by atoms with E-state index >= 15 is 0 Å². The van der Waals surface area contributed by atoms with Crippen molar-refractivity contribution in [1.82, 2.24) is 10.1 Å². The Balaban J connectivity index is 1.90. The van der Waals surface area contributed by atoms with Gasteiger partial charge in [0.15, 0.2) is 5.82 Å². The molecule has 0 unspecified atom stereocenters. The molecule has 0 radical (unpaired) electrons. The fraction of sp³-hybridized carbons (Fsp3) is 0.125. The van der Waals surface area contributed by atoms with Crippen LogP contribution < -0.4 is 0 Å². The molecule has 1 N–H and O–H groups in total. The second-order valence-electron chi connectivity index (χ2n) is 4.78. The van der Waals surface area contributed by atoms with Crippen molar-refractivity contribution < 1.29 is 14.0 Å². The van der Waals surface area contributed by atoms with Gasteiger partial charge < -0.3 is 9.63 Å². The lowest BCUT2D eigenvalue weighted by Gasteiger charge is -2.01. The number of nitrogens with zero attached hydrogens (tertiary/aromatic N) is 2. The van der Waals surface area contributed by atoms with Gasteiger partial charge in [-0.2, -0.15) is 4.98 Å². The first kappa shape index (κ1) is 13.3. The second-order valence-corrected chi connectivity index (χ2v) is 4.78. The van der Waals surface area contributed by atoms with E-state index in [0.717, 1.165) is 11.1 Å². The minimum atomic E-state index is -0.471. The number of hydrogen-bond donors (Lipinski definition) is 1. The van der Waals surface area contributed by atoms with E-state index in [1.165, 1.54) is 18.2 Å². The van der Waals surface area contributed by atoms with E-state index in [9.17, 15) is 9.50 Å². The van der Waals surface area contributed by atoms with Gasteiger partial charge in [0, 0.05) is 6.42 Å². The molecule has 0 aliphatic rings. The lowest BCUT2D eigenvalue weighted by Crippen LogP contribution is -1.93. The highest BCUT2D eigenvalue weighted by Crippen LogP contribution is 2.28. The van der Waals surface area contributed by atoms with Gasteiger partial charge in [0.2, 0.25) is 0 Å². The van der Waals surface area contributed by atoms with Crippen LogP contribution in [0.2, 0.25) is 0 Å². The van der Waals surface area contributed by atoms with Gasteiger partial charge in [0.25, 0.3) is 5.89 Å². The van der Waals surface area contributed by atoms with Crippen molar-refractivity contribution in [3.05, 3.63) is 65.2 Å². The zero-order valence-corrected chi connectivity index (χ0v) is 11.4. The molecule has 0 spiro atoms. The molecule has 0 saturated carbocycles. The molecule has 0 aliphatic carbocycles. The summed E-state index contributed by atoms with van der Waals surface area (Å²) >= 11 is 0. The number of hydrogen-bond acceptors (Lipinski definition) is 4. The first-order valence-electron chi connectivity index (χ1n) is 6.49. The van der Waals surface area contributed by atoms with E-state index in [0.29, 0.717) is 12.2 Å². The van der Waals surface area contributed by atoms with Crippen molar-refractivity contribution in [1.29, 1.82) is 0 Å². The maximum absolute atomic E-state index is 13.2. The monoisotopic (exact) mass is 284 g/mol. The molecule has 3 rings (SSSR count). The predicted octanol–water partition coefficient (Wildman–Crippen LogP) is 3.48. The summed E-state index contributed by atoms with van der Waals surface area (Å²) < 4.78 is 18.3. The zero-order valence-electron chi connectivity index (χ0n) is 11.4. The third-order valence-electron chi connectivity index (χ3n) is 3.27. The van der Waals surface area contributed by atoms with Crippen LogP contribution in [0.25, 0.3) is 11.5 Å². The number of aromatic nitrogens is 2. The van der Waals surface area contributed by atoms with Gasteiger partial charge in [0.05, 0.1) is 5.56 Å². The summed E-state index contributed by atoms with van der Waals surface area (Å²) in [6.45, 7) is 2.01. The van der Waals surface area contributed by atoms with Crippen LogP contribution in [-0.2, 0) is 6.42 Å². The number of halogens is 1. The van der Waals surface area contributed by atoms with Crippen LogP contribution >= 0.6 is 0 Å². The molecule has 0 amide bonds. The topological polar surface area (TPSA) is 59.2 Å². The molecule has 106 valence electrons. The lowest BCUT2D eigenvalue weighted by atomic mass is 10.1. The van der Waals surface area contributed by atoms with Crippen LogP contribution in [0.15, 0.2) is 47.0 Å². The summed E-state index contributed by atoms with van der Waals surface area (Å²) in [5.74, 6) is 0.0301. The zero-order chi connectivity index (χ0) is 14.8. The van der Waals surface area contributed by atoms with Gasteiger partial charge in [-0.05, 0) is 36.2 Å². The molecule has 0 bridgehead atoms. The number of rotatable bonds is 3. The molecule has 1 heterocycles. The number of aryl methyl sites for hydroxylation is 1. The minimum Gasteiger partial charge on any atom is -0.507 e.